The van der Waals surface area contributed by atoms with Crippen LogP contribution in [0.3, 0.4) is 0 Å². The maximum absolute atomic E-state index is 12.9. The minimum absolute atomic E-state index is 0.0210. The number of rotatable bonds is 5. The molecule has 0 radical (unpaired) electrons. The van der Waals surface area contributed by atoms with E-state index in [1.807, 2.05) is 0 Å². The molecule has 7 heteroatoms. The van der Waals surface area contributed by atoms with Gasteiger partial charge in [0.05, 0.1) is 40.1 Å². The number of hydrogen-bond donors (Lipinski definition) is 1. The van der Waals surface area contributed by atoms with Gasteiger partial charge in [-0.1, -0.05) is 0 Å². The van der Waals surface area contributed by atoms with E-state index in [0.29, 0.717) is 49.1 Å². The molecule has 1 heterocycles. The highest BCUT2D eigenvalue weighted by atomic mass is 16.5. The van der Waals surface area contributed by atoms with Gasteiger partial charge >= 0.3 is 0 Å². The van der Waals surface area contributed by atoms with Crippen molar-refractivity contribution >= 4 is 5.91 Å². The topological polar surface area (TPSA) is 77.5 Å². The molecule has 1 aromatic carbocycles. The van der Waals surface area contributed by atoms with Gasteiger partial charge in [-0.05, 0) is 0 Å². The molecule has 1 atom stereocenters. The van der Waals surface area contributed by atoms with E-state index >= 15 is 0 Å². The van der Waals surface area contributed by atoms with Crippen LogP contribution in [-0.4, -0.2) is 70.2 Å². The SMILES string of the molecule is COc1cc(OC)c(C(=O)N2CCOC[C@H](CO)C2)cc1OC. The standard InChI is InChI=1S/C16H23NO6/c1-20-13-7-15(22-3)14(21-2)6-12(13)16(19)17-4-5-23-10-11(8-17)9-18/h6-7,11,18H,4-5,8-10H2,1-3H3/t11-/m0/s1. The smallest absolute Gasteiger partial charge is 0.257 e. The number of hydrogen-bond acceptors (Lipinski definition) is 6. The first kappa shape index (κ1) is 17.4. The molecule has 0 bridgehead atoms. The number of carbonyl (C=O) groups is 1. The number of nitrogens with zero attached hydrogens (tertiary/aromatic N) is 1. The van der Waals surface area contributed by atoms with Gasteiger partial charge in [-0.2, -0.15) is 0 Å². The van der Waals surface area contributed by atoms with E-state index in [1.54, 1.807) is 17.0 Å². The van der Waals surface area contributed by atoms with E-state index in [2.05, 4.69) is 0 Å². The second-order valence-electron chi connectivity index (χ2n) is 5.28. The molecule has 7 nitrogen and oxygen atoms in total. The molecule has 1 amide bonds. The Morgan fingerprint density at radius 1 is 1.22 bits per heavy atom. The number of ether oxygens (including phenoxy) is 4. The van der Waals surface area contributed by atoms with E-state index in [9.17, 15) is 9.90 Å². The molecule has 2 rings (SSSR count). The van der Waals surface area contributed by atoms with Gasteiger partial charge in [0, 0.05) is 37.7 Å². The summed E-state index contributed by atoms with van der Waals surface area (Å²) in [5.41, 5.74) is 0.392. The molecule has 1 aromatic rings. The Morgan fingerprint density at radius 2 is 1.87 bits per heavy atom. The zero-order valence-corrected chi connectivity index (χ0v) is 13.7. The number of methoxy groups -OCH3 is 3. The van der Waals surface area contributed by atoms with Gasteiger partial charge in [-0.15, -0.1) is 0 Å². The van der Waals surface area contributed by atoms with Crippen LogP contribution >= 0.6 is 0 Å². The maximum Gasteiger partial charge on any atom is 0.257 e. The van der Waals surface area contributed by atoms with E-state index in [-0.39, 0.29) is 18.4 Å². The van der Waals surface area contributed by atoms with Crippen LogP contribution in [0.25, 0.3) is 0 Å². The van der Waals surface area contributed by atoms with Crippen molar-refractivity contribution in [3.05, 3.63) is 17.7 Å². The summed E-state index contributed by atoms with van der Waals surface area (Å²) >= 11 is 0. The van der Waals surface area contributed by atoms with E-state index in [4.69, 9.17) is 18.9 Å². The fourth-order valence-corrected chi connectivity index (χ4v) is 2.54. The molecule has 128 valence electrons. The Kier molecular flexibility index (Phi) is 6.06. The number of amides is 1. The van der Waals surface area contributed by atoms with Crippen LogP contribution < -0.4 is 14.2 Å². The average Bonchev–Trinajstić information content (AvgIpc) is 2.85. The normalized spacial score (nSPS) is 18.3. The van der Waals surface area contributed by atoms with Gasteiger partial charge in [0.15, 0.2) is 11.5 Å². The quantitative estimate of drug-likeness (QED) is 0.862. The minimum atomic E-state index is -0.188. The highest BCUT2D eigenvalue weighted by Crippen LogP contribution is 2.35. The average molecular weight is 325 g/mol. The van der Waals surface area contributed by atoms with Crippen molar-refractivity contribution < 1.29 is 28.8 Å². The number of benzene rings is 1. The van der Waals surface area contributed by atoms with Gasteiger partial charge in [0.25, 0.3) is 5.91 Å². The summed E-state index contributed by atoms with van der Waals surface area (Å²) in [6.45, 7) is 1.77. The van der Waals surface area contributed by atoms with Crippen molar-refractivity contribution in [2.24, 2.45) is 5.92 Å². The molecule has 1 aliphatic rings. The summed E-state index contributed by atoms with van der Waals surface area (Å²) in [6.07, 6.45) is 0. The molecule has 1 fully saturated rings. The summed E-state index contributed by atoms with van der Waals surface area (Å²) in [6, 6.07) is 3.24. The monoisotopic (exact) mass is 325 g/mol. The van der Waals surface area contributed by atoms with Gasteiger partial charge in [0.2, 0.25) is 0 Å². The third kappa shape index (κ3) is 3.86. The first-order valence-electron chi connectivity index (χ1n) is 7.42. The van der Waals surface area contributed by atoms with Gasteiger partial charge < -0.3 is 29.0 Å². The molecule has 1 N–H and O–H groups in total. The largest absolute Gasteiger partial charge is 0.496 e. The van der Waals surface area contributed by atoms with E-state index in [0.717, 1.165) is 0 Å². The Bertz CT molecular complexity index is 548. The summed E-state index contributed by atoms with van der Waals surface area (Å²) < 4.78 is 21.2. The van der Waals surface area contributed by atoms with Crippen molar-refractivity contribution in [3.63, 3.8) is 0 Å². The number of aliphatic hydroxyl groups excluding tert-OH is 1. The molecule has 0 aliphatic carbocycles. The summed E-state index contributed by atoms with van der Waals surface area (Å²) in [7, 11) is 4.54. The lowest BCUT2D eigenvalue weighted by molar-refractivity contribution is 0.0724. The molecular formula is C16H23NO6. The number of carbonyl (C=O) groups excluding carboxylic acids is 1. The van der Waals surface area contributed by atoms with Gasteiger partial charge in [-0.3, -0.25) is 4.79 Å². The zero-order valence-electron chi connectivity index (χ0n) is 13.7. The lowest BCUT2D eigenvalue weighted by atomic mass is 10.1. The Balaban J connectivity index is 2.33. The van der Waals surface area contributed by atoms with Crippen molar-refractivity contribution in [3.8, 4) is 17.2 Å². The van der Waals surface area contributed by atoms with Crippen molar-refractivity contribution in [2.45, 2.75) is 0 Å². The lowest BCUT2D eigenvalue weighted by Crippen LogP contribution is -2.37. The van der Waals surface area contributed by atoms with Crippen LogP contribution in [0.4, 0.5) is 0 Å². The molecule has 1 aliphatic heterocycles. The second-order valence-corrected chi connectivity index (χ2v) is 5.28. The van der Waals surface area contributed by atoms with Crippen LogP contribution in [0.5, 0.6) is 17.2 Å². The Labute approximate surface area is 135 Å². The van der Waals surface area contributed by atoms with Crippen LogP contribution in [0.1, 0.15) is 10.4 Å². The van der Waals surface area contributed by atoms with Crippen molar-refractivity contribution in [1.82, 2.24) is 4.90 Å². The van der Waals surface area contributed by atoms with Gasteiger partial charge in [0.1, 0.15) is 5.75 Å². The molecule has 0 unspecified atom stereocenters. The highest BCUT2D eigenvalue weighted by molar-refractivity contribution is 5.98. The first-order valence-corrected chi connectivity index (χ1v) is 7.42. The fraction of sp³-hybridized carbons (Fsp3) is 0.562. The Morgan fingerprint density at radius 3 is 2.48 bits per heavy atom. The molecule has 0 spiro atoms. The fourth-order valence-electron chi connectivity index (χ4n) is 2.54. The maximum atomic E-state index is 12.9. The summed E-state index contributed by atoms with van der Waals surface area (Å²) in [5, 5.41) is 9.36. The van der Waals surface area contributed by atoms with Crippen LogP contribution in [0.15, 0.2) is 12.1 Å². The molecular weight excluding hydrogens is 302 g/mol. The molecule has 0 saturated carbocycles. The van der Waals surface area contributed by atoms with E-state index < -0.39 is 0 Å². The third-order valence-corrected chi connectivity index (χ3v) is 3.82. The Hall–Kier alpha value is -1.99. The van der Waals surface area contributed by atoms with Crippen LogP contribution in [0.2, 0.25) is 0 Å². The number of aliphatic hydroxyl groups is 1. The van der Waals surface area contributed by atoms with Crippen LogP contribution in [-0.2, 0) is 4.74 Å². The first-order chi connectivity index (χ1) is 11.1. The van der Waals surface area contributed by atoms with Crippen molar-refractivity contribution in [1.29, 1.82) is 0 Å². The predicted molar refractivity (Wildman–Crippen MR) is 83.4 cm³/mol. The predicted octanol–water partition coefficient (Wildman–Crippen LogP) is 0.793. The van der Waals surface area contributed by atoms with Gasteiger partial charge in [-0.25, -0.2) is 0 Å². The second kappa shape index (κ2) is 8.03. The molecule has 0 aromatic heterocycles. The van der Waals surface area contributed by atoms with E-state index in [1.165, 1.54) is 21.3 Å². The third-order valence-electron chi connectivity index (χ3n) is 3.82. The zero-order chi connectivity index (χ0) is 16.8. The lowest BCUT2D eigenvalue weighted by Gasteiger charge is -2.24. The van der Waals surface area contributed by atoms with Crippen LogP contribution in [0, 0.1) is 5.92 Å². The molecule has 1 saturated heterocycles. The summed E-state index contributed by atoms with van der Waals surface area (Å²) in [5.74, 6) is 1.09. The summed E-state index contributed by atoms with van der Waals surface area (Å²) in [4.78, 5) is 14.5. The minimum Gasteiger partial charge on any atom is -0.496 e. The van der Waals surface area contributed by atoms with Crippen molar-refractivity contribution in [2.75, 3.05) is 54.2 Å². The molecule has 23 heavy (non-hydrogen) atoms. The highest BCUT2D eigenvalue weighted by Gasteiger charge is 2.26.